The second-order valence-corrected chi connectivity index (χ2v) is 7.30. The standard InChI is InChI=1S/C23H24N4/c1-3-7-21-18(5-1)9-10-23(25-21)27-15-13-26(14-16-27)12-11-19-17-24-22-8-4-2-6-20(19)22/h1-10,17,24H,11-16H2. The summed E-state index contributed by atoms with van der Waals surface area (Å²) in [6, 6.07) is 21.2. The van der Waals surface area contributed by atoms with E-state index in [9.17, 15) is 0 Å². The molecule has 4 heteroatoms. The molecule has 1 saturated heterocycles. The van der Waals surface area contributed by atoms with E-state index in [2.05, 4.69) is 81.6 Å². The van der Waals surface area contributed by atoms with Gasteiger partial charge in [0.25, 0.3) is 0 Å². The molecule has 0 saturated carbocycles. The molecule has 136 valence electrons. The van der Waals surface area contributed by atoms with Gasteiger partial charge in [0.05, 0.1) is 5.52 Å². The molecule has 0 bridgehead atoms. The smallest absolute Gasteiger partial charge is 0.129 e. The third kappa shape index (κ3) is 3.28. The topological polar surface area (TPSA) is 35.2 Å². The fourth-order valence-electron chi connectivity index (χ4n) is 4.05. The Morgan fingerprint density at radius 3 is 2.59 bits per heavy atom. The van der Waals surface area contributed by atoms with Crippen LogP contribution in [0.25, 0.3) is 21.8 Å². The van der Waals surface area contributed by atoms with Crippen LogP contribution in [0.5, 0.6) is 0 Å². The maximum Gasteiger partial charge on any atom is 0.129 e. The normalized spacial score (nSPS) is 15.6. The van der Waals surface area contributed by atoms with Gasteiger partial charge in [-0.25, -0.2) is 4.98 Å². The van der Waals surface area contributed by atoms with Gasteiger partial charge < -0.3 is 9.88 Å². The number of hydrogen-bond donors (Lipinski definition) is 1. The number of nitrogens with zero attached hydrogens (tertiary/aromatic N) is 3. The average Bonchev–Trinajstić information content (AvgIpc) is 3.15. The second-order valence-electron chi connectivity index (χ2n) is 7.30. The number of H-pyrrole nitrogens is 1. The van der Waals surface area contributed by atoms with E-state index in [0.29, 0.717) is 0 Å². The minimum atomic E-state index is 1.04. The van der Waals surface area contributed by atoms with Gasteiger partial charge in [-0.3, -0.25) is 4.90 Å². The van der Waals surface area contributed by atoms with Crippen LogP contribution in [-0.2, 0) is 6.42 Å². The zero-order valence-corrected chi connectivity index (χ0v) is 15.4. The van der Waals surface area contributed by atoms with Crippen molar-refractivity contribution in [1.29, 1.82) is 0 Å². The highest BCUT2D eigenvalue weighted by molar-refractivity contribution is 5.83. The van der Waals surface area contributed by atoms with Crippen molar-refractivity contribution in [3.8, 4) is 0 Å². The molecule has 4 aromatic rings. The molecule has 0 unspecified atom stereocenters. The monoisotopic (exact) mass is 356 g/mol. The summed E-state index contributed by atoms with van der Waals surface area (Å²) in [6.07, 6.45) is 3.26. The molecule has 2 aromatic heterocycles. The molecular weight excluding hydrogens is 332 g/mol. The minimum Gasteiger partial charge on any atom is -0.361 e. The molecule has 0 amide bonds. The highest BCUT2D eigenvalue weighted by Gasteiger charge is 2.18. The molecule has 3 heterocycles. The Labute approximate surface area is 159 Å². The van der Waals surface area contributed by atoms with Crippen LogP contribution >= 0.6 is 0 Å². The zero-order valence-electron chi connectivity index (χ0n) is 15.4. The van der Waals surface area contributed by atoms with Crippen molar-refractivity contribution in [2.75, 3.05) is 37.6 Å². The minimum absolute atomic E-state index is 1.04. The molecule has 27 heavy (non-hydrogen) atoms. The number of fused-ring (bicyclic) bond motifs is 2. The molecule has 4 nitrogen and oxygen atoms in total. The SMILES string of the molecule is c1ccc2nc(N3CCN(CCc4c[nH]c5ccccc45)CC3)ccc2c1. The van der Waals surface area contributed by atoms with Crippen molar-refractivity contribution in [3.63, 3.8) is 0 Å². The molecule has 1 fully saturated rings. The van der Waals surface area contributed by atoms with E-state index < -0.39 is 0 Å². The van der Waals surface area contributed by atoms with Crippen LogP contribution in [0.1, 0.15) is 5.56 Å². The fourth-order valence-corrected chi connectivity index (χ4v) is 4.05. The molecule has 5 rings (SSSR count). The molecule has 1 aliphatic rings. The molecular formula is C23H24N4. The fraction of sp³-hybridized carbons (Fsp3) is 0.261. The van der Waals surface area contributed by atoms with Gasteiger partial charge >= 0.3 is 0 Å². The van der Waals surface area contributed by atoms with Crippen LogP contribution in [0.3, 0.4) is 0 Å². The third-order valence-corrected chi connectivity index (χ3v) is 5.65. The Kier molecular flexibility index (Phi) is 4.26. The summed E-state index contributed by atoms with van der Waals surface area (Å²) in [4.78, 5) is 13.2. The summed E-state index contributed by atoms with van der Waals surface area (Å²) in [5.41, 5.74) is 3.74. The predicted octanol–water partition coefficient (Wildman–Crippen LogP) is 4.08. The van der Waals surface area contributed by atoms with Gasteiger partial charge in [-0.05, 0) is 36.2 Å². The second kappa shape index (κ2) is 7.05. The van der Waals surface area contributed by atoms with Gasteiger partial charge in [0.1, 0.15) is 5.82 Å². The first-order valence-electron chi connectivity index (χ1n) is 9.75. The first-order valence-corrected chi connectivity index (χ1v) is 9.75. The molecule has 0 aliphatic carbocycles. The van der Waals surface area contributed by atoms with Crippen molar-refractivity contribution < 1.29 is 0 Å². The van der Waals surface area contributed by atoms with Gasteiger partial charge in [0.2, 0.25) is 0 Å². The highest BCUT2D eigenvalue weighted by Crippen LogP contribution is 2.21. The maximum atomic E-state index is 4.85. The molecule has 0 atom stereocenters. The van der Waals surface area contributed by atoms with E-state index >= 15 is 0 Å². The van der Waals surface area contributed by atoms with Gasteiger partial charge in [-0.15, -0.1) is 0 Å². The Morgan fingerprint density at radius 2 is 1.67 bits per heavy atom. The predicted molar refractivity (Wildman–Crippen MR) is 112 cm³/mol. The van der Waals surface area contributed by atoms with E-state index in [0.717, 1.165) is 50.5 Å². The number of hydrogen-bond acceptors (Lipinski definition) is 3. The number of aromatic amines is 1. The average molecular weight is 356 g/mol. The van der Waals surface area contributed by atoms with E-state index in [1.807, 2.05) is 0 Å². The maximum absolute atomic E-state index is 4.85. The molecule has 0 radical (unpaired) electrons. The third-order valence-electron chi connectivity index (χ3n) is 5.65. The molecule has 2 aromatic carbocycles. The van der Waals surface area contributed by atoms with Crippen LogP contribution in [0.15, 0.2) is 66.9 Å². The van der Waals surface area contributed by atoms with Gasteiger partial charge in [0, 0.05) is 55.2 Å². The van der Waals surface area contributed by atoms with Crippen LogP contribution < -0.4 is 4.90 Å². The summed E-state index contributed by atoms with van der Waals surface area (Å²) in [6.45, 7) is 5.38. The number of para-hydroxylation sites is 2. The number of pyridine rings is 1. The lowest BCUT2D eigenvalue weighted by Crippen LogP contribution is -2.47. The lowest BCUT2D eigenvalue weighted by Gasteiger charge is -2.35. The van der Waals surface area contributed by atoms with Crippen LogP contribution in [-0.4, -0.2) is 47.6 Å². The summed E-state index contributed by atoms with van der Waals surface area (Å²) < 4.78 is 0. The van der Waals surface area contributed by atoms with Crippen molar-refractivity contribution in [2.24, 2.45) is 0 Å². The molecule has 0 spiro atoms. The first kappa shape index (κ1) is 16.3. The lowest BCUT2D eigenvalue weighted by atomic mass is 10.1. The number of aromatic nitrogens is 2. The van der Waals surface area contributed by atoms with Crippen LogP contribution in [0.2, 0.25) is 0 Å². The van der Waals surface area contributed by atoms with Gasteiger partial charge in [-0.1, -0.05) is 36.4 Å². The van der Waals surface area contributed by atoms with Crippen LogP contribution in [0.4, 0.5) is 5.82 Å². The number of anilines is 1. The zero-order chi connectivity index (χ0) is 18.1. The van der Waals surface area contributed by atoms with Crippen molar-refractivity contribution in [3.05, 3.63) is 72.4 Å². The van der Waals surface area contributed by atoms with E-state index in [1.54, 1.807) is 0 Å². The van der Waals surface area contributed by atoms with Crippen molar-refractivity contribution in [1.82, 2.24) is 14.9 Å². The van der Waals surface area contributed by atoms with Crippen molar-refractivity contribution >= 4 is 27.6 Å². The van der Waals surface area contributed by atoms with Crippen molar-refractivity contribution in [2.45, 2.75) is 6.42 Å². The molecule has 1 N–H and O–H groups in total. The summed E-state index contributed by atoms with van der Waals surface area (Å²) in [7, 11) is 0. The Morgan fingerprint density at radius 1 is 0.852 bits per heavy atom. The Hall–Kier alpha value is -2.85. The van der Waals surface area contributed by atoms with Crippen LogP contribution in [0, 0.1) is 0 Å². The van der Waals surface area contributed by atoms with E-state index in [4.69, 9.17) is 4.98 Å². The number of benzene rings is 2. The quantitative estimate of drug-likeness (QED) is 0.598. The van der Waals surface area contributed by atoms with Gasteiger partial charge in [0.15, 0.2) is 0 Å². The Bertz CT molecular complexity index is 1060. The van der Waals surface area contributed by atoms with E-state index in [1.165, 1.54) is 21.9 Å². The number of rotatable bonds is 4. The molecule has 1 aliphatic heterocycles. The largest absolute Gasteiger partial charge is 0.361 e. The van der Waals surface area contributed by atoms with E-state index in [-0.39, 0.29) is 0 Å². The summed E-state index contributed by atoms with van der Waals surface area (Å²) in [5.74, 6) is 1.10. The first-order chi connectivity index (χ1) is 13.4. The lowest BCUT2D eigenvalue weighted by molar-refractivity contribution is 0.260. The van der Waals surface area contributed by atoms with Gasteiger partial charge in [-0.2, -0.15) is 0 Å². The number of nitrogens with one attached hydrogen (secondary N) is 1. The Balaban J connectivity index is 1.21. The summed E-state index contributed by atoms with van der Waals surface area (Å²) in [5, 5.41) is 2.56. The summed E-state index contributed by atoms with van der Waals surface area (Å²) >= 11 is 0. The highest BCUT2D eigenvalue weighted by atomic mass is 15.3. The number of piperazine rings is 1.